The Balaban J connectivity index is 2.01. The molecular weight excluding hydrogens is 292 g/mol. The summed E-state index contributed by atoms with van der Waals surface area (Å²) in [6, 6.07) is 4.00. The minimum Gasteiger partial charge on any atom is -0.370 e. The summed E-state index contributed by atoms with van der Waals surface area (Å²) in [5.41, 5.74) is 1.06. The molecule has 2 rings (SSSR count). The summed E-state index contributed by atoms with van der Waals surface area (Å²) in [5.74, 6) is 2.57. The zero-order valence-electron chi connectivity index (χ0n) is 12.0. The average molecular weight is 311 g/mol. The van der Waals surface area contributed by atoms with E-state index in [-0.39, 0.29) is 0 Å². The van der Waals surface area contributed by atoms with Gasteiger partial charge in [0.25, 0.3) is 0 Å². The number of nitrogens with zero attached hydrogens (tertiary/aromatic N) is 2. The van der Waals surface area contributed by atoms with E-state index in [1.807, 2.05) is 19.9 Å². The molecule has 20 heavy (non-hydrogen) atoms. The summed E-state index contributed by atoms with van der Waals surface area (Å²) in [6.07, 6.45) is 0.941. The Morgan fingerprint density at radius 3 is 2.45 bits per heavy atom. The maximum atomic E-state index is 5.93. The van der Waals surface area contributed by atoms with E-state index in [1.54, 1.807) is 11.3 Å². The smallest absolute Gasteiger partial charge is 0.134 e. The van der Waals surface area contributed by atoms with Gasteiger partial charge in [-0.15, -0.1) is 11.3 Å². The van der Waals surface area contributed by atoms with Crippen LogP contribution in [0.25, 0.3) is 0 Å². The molecule has 0 spiro atoms. The van der Waals surface area contributed by atoms with Gasteiger partial charge in [0.2, 0.25) is 0 Å². The third kappa shape index (κ3) is 3.84. The van der Waals surface area contributed by atoms with Crippen molar-refractivity contribution in [3.05, 3.63) is 32.7 Å². The van der Waals surface area contributed by atoms with E-state index in [9.17, 15) is 0 Å². The lowest BCUT2D eigenvalue weighted by molar-refractivity contribution is 0.974. The van der Waals surface area contributed by atoms with Crippen molar-refractivity contribution < 1.29 is 0 Å². The van der Waals surface area contributed by atoms with Crippen LogP contribution in [-0.4, -0.2) is 23.1 Å². The highest BCUT2D eigenvalue weighted by atomic mass is 35.5. The molecule has 2 heterocycles. The van der Waals surface area contributed by atoms with Crippen LogP contribution in [0.4, 0.5) is 11.6 Å². The number of nitrogens with one attached hydrogen (secondary N) is 2. The van der Waals surface area contributed by atoms with Crippen LogP contribution < -0.4 is 10.6 Å². The Labute approximate surface area is 128 Å². The number of aryl methyl sites for hydroxylation is 1. The molecule has 0 aliphatic carbocycles. The Kier molecular flexibility index (Phi) is 5.20. The van der Waals surface area contributed by atoms with Crippen LogP contribution in [0.5, 0.6) is 0 Å². The molecule has 0 bridgehead atoms. The molecule has 0 fully saturated rings. The van der Waals surface area contributed by atoms with E-state index in [1.165, 1.54) is 4.88 Å². The monoisotopic (exact) mass is 310 g/mol. The molecule has 0 atom stereocenters. The molecule has 108 valence electrons. The number of hydrogen-bond acceptors (Lipinski definition) is 5. The molecular formula is C14H19ClN4S. The molecule has 2 aromatic heterocycles. The highest BCUT2D eigenvalue weighted by Gasteiger charge is 2.08. The predicted octanol–water partition coefficient (Wildman–Crippen LogP) is 3.89. The molecule has 0 saturated heterocycles. The maximum absolute atomic E-state index is 5.93. The molecule has 0 amide bonds. The predicted molar refractivity (Wildman–Crippen MR) is 87.2 cm³/mol. The first-order valence-electron chi connectivity index (χ1n) is 6.67. The maximum Gasteiger partial charge on any atom is 0.134 e. The zero-order chi connectivity index (χ0) is 14.5. The highest BCUT2D eigenvalue weighted by molar-refractivity contribution is 7.16. The number of anilines is 2. The van der Waals surface area contributed by atoms with E-state index in [0.717, 1.165) is 46.9 Å². The van der Waals surface area contributed by atoms with Gasteiger partial charge in [-0.05, 0) is 39.3 Å². The zero-order valence-corrected chi connectivity index (χ0v) is 13.5. The van der Waals surface area contributed by atoms with E-state index in [2.05, 4.69) is 33.6 Å². The minimum atomic E-state index is 0.771. The van der Waals surface area contributed by atoms with Crippen LogP contribution in [0, 0.1) is 13.8 Å². The number of thiophene rings is 1. The van der Waals surface area contributed by atoms with Crippen molar-refractivity contribution in [3.63, 3.8) is 0 Å². The van der Waals surface area contributed by atoms with Crippen LogP contribution in [0.2, 0.25) is 4.34 Å². The fraction of sp³-hybridized carbons (Fsp3) is 0.429. The largest absolute Gasteiger partial charge is 0.370 e. The lowest BCUT2D eigenvalue weighted by Gasteiger charge is -2.13. The van der Waals surface area contributed by atoms with Crippen molar-refractivity contribution >= 4 is 34.6 Å². The Morgan fingerprint density at radius 1 is 1.15 bits per heavy atom. The number of hydrogen-bond donors (Lipinski definition) is 2. The van der Waals surface area contributed by atoms with Crippen LogP contribution >= 0.6 is 22.9 Å². The summed E-state index contributed by atoms with van der Waals surface area (Å²) in [7, 11) is 0. The third-order valence-electron chi connectivity index (χ3n) is 2.89. The van der Waals surface area contributed by atoms with Gasteiger partial charge in [-0.2, -0.15) is 0 Å². The fourth-order valence-electron chi connectivity index (χ4n) is 1.93. The SMILES string of the molecule is CCNc1nc(C)nc(NCCc2ccc(Cl)s2)c1C. The topological polar surface area (TPSA) is 49.8 Å². The van der Waals surface area contributed by atoms with Crippen molar-refractivity contribution in [2.45, 2.75) is 27.2 Å². The molecule has 2 N–H and O–H groups in total. The van der Waals surface area contributed by atoms with Gasteiger partial charge >= 0.3 is 0 Å². The summed E-state index contributed by atoms with van der Waals surface area (Å²) >= 11 is 7.55. The van der Waals surface area contributed by atoms with E-state index < -0.39 is 0 Å². The molecule has 6 heteroatoms. The Hall–Kier alpha value is -1.33. The van der Waals surface area contributed by atoms with E-state index in [4.69, 9.17) is 11.6 Å². The minimum absolute atomic E-state index is 0.771. The van der Waals surface area contributed by atoms with Crippen molar-refractivity contribution in [1.82, 2.24) is 9.97 Å². The molecule has 2 aromatic rings. The van der Waals surface area contributed by atoms with E-state index >= 15 is 0 Å². The van der Waals surface area contributed by atoms with Gasteiger partial charge in [-0.1, -0.05) is 11.6 Å². The van der Waals surface area contributed by atoms with Gasteiger partial charge in [-0.25, -0.2) is 9.97 Å². The number of rotatable bonds is 6. The summed E-state index contributed by atoms with van der Waals surface area (Å²) < 4.78 is 0.837. The van der Waals surface area contributed by atoms with Gasteiger partial charge in [0.15, 0.2) is 0 Å². The lowest BCUT2D eigenvalue weighted by atomic mass is 10.3. The quantitative estimate of drug-likeness (QED) is 0.849. The van der Waals surface area contributed by atoms with Crippen LogP contribution in [0.3, 0.4) is 0 Å². The highest BCUT2D eigenvalue weighted by Crippen LogP contribution is 2.23. The molecule has 0 aromatic carbocycles. The standard InChI is InChI=1S/C14H19ClN4S/c1-4-16-13-9(2)14(19-10(3)18-13)17-8-7-11-5-6-12(15)20-11/h5-6H,4,7-8H2,1-3H3,(H2,16,17,18,19). The molecule has 0 aliphatic heterocycles. The fourth-order valence-corrected chi connectivity index (χ4v) is 3.02. The van der Waals surface area contributed by atoms with E-state index in [0.29, 0.717) is 0 Å². The second kappa shape index (κ2) is 6.90. The van der Waals surface area contributed by atoms with Crippen molar-refractivity contribution in [1.29, 1.82) is 0 Å². The normalized spacial score (nSPS) is 10.6. The molecule has 0 radical (unpaired) electrons. The number of aromatic nitrogens is 2. The second-order valence-corrected chi connectivity index (χ2v) is 6.31. The summed E-state index contributed by atoms with van der Waals surface area (Å²) in [5, 5.41) is 6.64. The Morgan fingerprint density at radius 2 is 1.85 bits per heavy atom. The number of halogens is 1. The summed E-state index contributed by atoms with van der Waals surface area (Å²) in [6.45, 7) is 7.68. The molecule has 4 nitrogen and oxygen atoms in total. The van der Waals surface area contributed by atoms with Crippen molar-refractivity contribution in [2.75, 3.05) is 23.7 Å². The first-order chi connectivity index (χ1) is 9.60. The van der Waals surface area contributed by atoms with Gasteiger partial charge in [0.1, 0.15) is 17.5 Å². The Bertz CT molecular complexity index is 583. The van der Waals surface area contributed by atoms with Crippen LogP contribution in [-0.2, 0) is 6.42 Å². The van der Waals surface area contributed by atoms with Gasteiger partial charge in [0.05, 0.1) is 4.34 Å². The molecule has 0 unspecified atom stereocenters. The average Bonchev–Trinajstić information content (AvgIpc) is 2.81. The van der Waals surface area contributed by atoms with Crippen molar-refractivity contribution in [2.24, 2.45) is 0 Å². The third-order valence-corrected chi connectivity index (χ3v) is 4.19. The van der Waals surface area contributed by atoms with Gasteiger partial charge < -0.3 is 10.6 Å². The van der Waals surface area contributed by atoms with Gasteiger partial charge in [0, 0.05) is 23.5 Å². The lowest BCUT2D eigenvalue weighted by Crippen LogP contribution is -2.11. The summed E-state index contributed by atoms with van der Waals surface area (Å²) in [4.78, 5) is 10.2. The first-order valence-corrected chi connectivity index (χ1v) is 7.86. The van der Waals surface area contributed by atoms with Crippen LogP contribution in [0.15, 0.2) is 12.1 Å². The van der Waals surface area contributed by atoms with Crippen LogP contribution in [0.1, 0.15) is 23.2 Å². The van der Waals surface area contributed by atoms with Crippen molar-refractivity contribution in [3.8, 4) is 0 Å². The molecule has 0 aliphatic rings. The first kappa shape index (κ1) is 15.1. The second-order valence-electron chi connectivity index (χ2n) is 4.51. The molecule has 0 saturated carbocycles. The van der Waals surface area contributed by atoms with Gasteiger partial charge in [-0.3, -0.25) is 0 Å².